The maximum atomic E-state index is 13.2. The Labute approximate surface area is 168 Å². The zero-order chi connectivity index (χ0) is 19.7. The Bertz CT molecular complexity index is 1050. The van der Waals surface area contributed by atoms with E-state index in [-0.39, 0.29) is 17.4 Å². The number of esters is 1. The molecule has 0 N–H and O–H groups in total. The highest BCUT2D eigenvalue weighted by Gasteiger charge is 2.25. The number of thiophene rings is 1. The largest absolute Gasteiger partial charge is 0.465 e. The summed E-state index contributed by atoms with van der Waals surface area (Å²) < 4.78 is 6.25. The number of hydrogen-bond donors (Lipinski definition) is 0. The number of fused-ring (bicyclic) bond motifs is 1. The number of ketones is 1. The molecule has 2 heterocycles. The van der Waals surface area contributed by atoms with E-state index in [1.807, 2.05) is 6.07 Å². The number of halogens is 1. The highest BCUT2D eigenvalue weighted by atomic mass is 79.9. The molecular weight excluding hydrogens is 432 g/mol. The second-order valence-electron chi connectivity index (χ2n) is 6.01. The van der Waals surface area contributed by atoms with Crippen LogP contribution in [0.4, 0.5) is 4.79 Å². The molecule has 3 rings (SSSR count). The Morgan fingerprint density at radius 1 is 1.15 bits per heavy atom. The molecule has 0 fully saturated rings. The number of alkyl halides is 1. The van der Waals surface area contributed by atoms with E-state index in [4.69, 9.17) is 4.74 Å². The van der Waals surface area contributed by atoms with Crippen LogP contribution < -0.4 is 0 Å². The third kappa shape index (κ3) is 3.42. The smallest absolute Gasteiger partial charge is 0.338 e. The van der Waals surface area contributed by atoms with Gasteiger partial charge in [0.15, 0.2) is 0 Å². The van der Waals surface area contributed by atoms with Gasteiger partial charge in [0, 0.05) is 35.9 Å². The van der Waals surface area contributed by atoms with Gasteiger partial charge < -0.3 is 9.64 Å². The van der Waals surface area contributed by atoms with Crippen molar-refractivity contribution in [3.05, 3.63) is 57.4 Å². The molecule has 8 heteroatoms. The lowest BCUT2D eigenvalue weighted by molar-refractivity contribution is 0.0603. The van der Waals surface area contributed by atoms with Gasteiger partial charge in [-0.15, -0.1) is 11.3 Å². The van der Waals surface area contributed by atoms with E-state index >= 15 is 0 Å². The van der Waals surface area contributed by atoms with Gasteiger partial charge in [-0.05, 0) is 24.3 Å². The number of nitrogens with zero attached hydrogens (tertiary/aromatic N) is 2. The molecule has 3 aromatic rings. The molecule has 6 nitrogen and oxygen atoms in total. The number of hydrogen-bond acceptors (Lipinski definition) is 5. The van der Waals surface area contributed by atoms with Crippen molar-refractivity contribution < 1.29 is 19.1 Å². The van der Waals surface area contributed by atoms with E-state index < -0.39 is 5.97 Å². The Balaban J connectivity index is 2.28. The molecule has 2 aromatic heterocycles. The topological polar surface area (TPSA) is 68.6 Å². The third-order valence-electron chi connectivity index (χ3n) is 4.09. The van der Waals surface area contributed by atoms with Crippen molar-refractivity contribution in [3.63, 3.8) is 0 Å². The van der Waals surface area contributed by atoms with Crippen molar-refractivity contribution in [3.8, 4) is 0 Å². The number of ether oxygens (including phenoxy) is 1. The van der Waals surface area contributed by atoms with E-state index in [1.165, 1.54) is 34.1 Å². The first-order valence-corrected chi connectivity index (χ1v) is 9.96. The highest BCUT2D eigenvalue weighted by Crippen LogP contribution is 2.30. The zero-order valence-electron chi connectivity index (χ0n) is 15.0. The number of benzene rings is 1. The van der Waals surface area contributed by atoms with Gasteiger partial charge in [0.1, 0.15) is 0 Å². The van der Waals surface area contributed by atoms with Crippen LogP contribution in [0.5, 0.6) is 0 Å². The standard InChI is InChI=1S/C19H17BrN2O4S/c1-21(2)19(25)22-10-13(17(23)15-8-7-11(9-20)27-15)16-12(18(24)26-3)5-4-6-14(16)22/h4-8,10H,9H2,1-3H3. The number of carbonyl (C=O) groups excluding carboxylic acids is 3. The number of carbonyl (C=O) groups is 3. The van der Waals surface area contributed by atoms with Gasteiger partial charge in [-0.2, -0.15) is 0 Å². The molecule has 0 saturated carbocycles. The van der Waals surface area contributed by atoms with Gasteiger partial charge in [-0.25, -0.2) is 9.59 Å². The molecule has 1 amide bonds. The zero-order valence-corrected chi connectivity index (χ0v) is 17.4. The maximum Gasteiger partial charge on any atom is 0.338 e. The summed E-state index contributed by atoms with van der Waals surface area (Å²) in [6.45, 7) is 0. The van der Waals surface area contributed by atoms with Crippen LogP contribution in [0.15, 0.2) is 36.5 Å². The van der Waals surface area contributed by atoms with Crippen molar-refractivity contribution in [2.45, 2.75) is 5.33 Å². The fourth-order valence-corrected chi connectivity index (χ4v) is 4.16. The fraction of sp³-hybridized carbons (Fsp3) is 0.211. The first kappa shape index (κ1) is 19.3. The van der Waals surface area contributed by atoms with Crippen LogP contribution in [0.25, 0.3) is 10.9 Å². The van der Waals surface area contributed by atoms with E-state index in [9.17, 15) is 14.4 Å². The second-order valence-corrected chi connectivity index (χ2v) is 7.74. The Morgan fingerprint density at radius 3 is 2.48 bits per heavy atom. The normalized spacial score (nSPS) is 10.8. The molecule has 140 valence electrons. The molecule has 0 aliphatic rings. The highest BCUT2D eigenvalue weighted by molar-refractivity contribution is 9.08. The lowest BCUT2D eigenvalue weighted by Crippen LogP contribution is -2.26. The lowest BCUT2D eigenvalue weighted by atomic mass is 10.0. The fourth-order valence-electron chi connectivity index (χ4n) is 2.82. The summed E-state index contributed by atoms with van der Waals surface area (Å²) in [5.41, 5.74) is 1.03. The summed E-state index contributed by atoms with van der Waals surface area (Å²) in [5.74, 6) is -0.795. The second kappa shape index (κ2) is 7.66. The molecule has 0 saturated heterocycles. The minimum absolute atomic E-state index is 0.237. The molecule has 0 radical (unpaired) electrons. The molecule has 0 unspecified atom stereocenters. The van der Waals surface area contributed by atoms with Crippen LogP contribution in [-0.2, 0) is 10.1 Å². The molecule has 0 bridgehead atoms. The van der Waals surface area contributed by atoms with Gasteiger partial charge >= 0.3 is 12.0 Å². The molecule has 27 heavy (non-hydrogen) atoms. The molecule has 1 aromatic carbocycles. The van der Waals surface area contributed by atoms with Crippen molar-refractivity contribution in [1.29, 1.82) is 0 Å². The number of aromatic nitrogens is 1. The minimum Gasteiger partial charge on any atom is -0.465 e. The number of methoxy groups -OCH3 is 1. The Kier molecular flexibility index (Phi) is 5.48. The van der Waals surface area contributed by atoms with E-state index in [1.54, 1.807) is 38.4 Å². The maximum absolute atomic E-state index is 13.2. The van der Waals surface area contributed by atoms with Gasteiger partial charge in [0.05, 0.1) is 28.6 Å². The first-order chi connectivity index (χ1) is 12.9. The minimum atomic E-state index is -0.558. The molecule has 0 aliphatic heterocycles. The summed E-state index contributed by atoms with van der Waals surface area (Å²) >= 11 is 4.75. The van der Waals surface area contributed by atoms with Gasteiger partial charge in [-0.3, -0.25) is 9.36 Å². The number of rotatable bonds is 4. The first-order valence-electron chi connectivity index (χ1n) is 8.02. The van der Waals surface area contributed by atoms with Crippen LogP contribution in [0, 0.1) is 0 Å². The van der Waals surface area contributed by atoms with Crippen molar-refractivity contribution in [2.75, 3.05) is 21.2 Å². The van der Waals surface area contributed by atoms with Crippen LogP contribution >= 0.6 is 27.3 Å². The monoisotopic (exact) mass is 448 g/mol. The predicted octanol–water partition coefficient (Wildman–Crippen LogP) is 4.15. The van der Waals surface area contributed by atoms with E-state index in [0.29, 0.717) is 26.7 Å². The van der Waals surface area contributed by atoms with E-state index in [2.05, 4.69) is 15.9 Å². The summed E-state index contributed by atoms with van der Waals surface area (Å²) in [4.78, 5) is 41.0. The van der Waals surface area contributed by atoms with Crippen LogP contribution in [0.1, 0.15) is 30.5 Å². The quantitative estimate of drug-likeness (QED) is 0.341. The van der Waals surface area contributed by atoms with E-state index in [0.717, 1.165) is 4.88 Å². The Hall–Kier alpha value is -2.45. The molecule has 0 atom stereocenters. The van der Waals surface area contributed by atoms with Gasteiger partial charge in [0.25, 0.3) is 0 Å². The summed E-state index contributed by atoms with van der Waals surface area (Å²) in [6, 6.07) is 8.27. The molecule has 0 spiro atoms. The van der Waals surface area contributed by atoms with Crippen molar-refractivity contribution >= 4 is 56.0 Å². The summed E-state index contributed by atoms with van der Waals surface area (Å²) in [7, 11) is 4.54. The predicted molar refractivity (Wildman–Crippen MR) is 108 cm³/mol. The van der Waals surface area contributed by atoms with Gasteiger partial charge in [0.2, 0.25) is 5.78 Å². The molecular formula is C19H17BrN2O4S. The lowest BCUT2D eigenvalue weighted by Gasteiger charge is -2.11. The summed E-state index contributed by atoms with van der Waals surface area (Å²) in [5, 5.41) is 1.07. The summed E-state index contributed by atoms with van der Waals surface area (Å²) in [6.07, 6.45) is 1.50. The molecule has 0 aliphatic carbocycles. The SMILES string of the molecule is COC(=O)c1cccc2c1c(C(=O)c1ccc(CBr)s1)cn2C(=O)N(C)C. The van der Waals surface area contributed by atoms with Crippen LogP contribution in [-0.4, -0.2) is 48.5 Å². The van der Waals surface area contributed by atoms with Gasteiger partial charge in [-0.1, -0.05) is 22.0 Å². The van der Waals surface area contributed by atoms with Crippen molar-refractivity contribution in [2.24, 2.45) is 0 Å². The Morgan fingerprint density at radius 2 is 1.89 bits per heavy atom. The number of amides is 1. The average Bonchev–Trinajstić information content (AvgIpc) is 3.30. The van der Waals surface area contributed by atoms with Crippen molar-refractivity contribution in [1.82, 2.24) is 9.47 Å². The van der Waals surface area contributed by atoms with Crippen LogP contribution in [0.3, 0.4) is 0 Å². The average molecular weight is 449 g/mol. The third-order valence-corrected chi connectivity index (χ3v) is 6.14. The van der Waals surface area contributed by atoms with Crippen LogP contribution in [0.2, 0.25) is 0 Å².